The van der Waals surface area contributed by atoms with E-state index in [1.165, 1.54) is 16.5 Å². The zero-order valence-electron chi connectivity index (χ0n) is 19.4. The van der Waals surface area contributed by atoms with Gasteiger partial charge in [0.15, 0.2) is 11.5 Å². The number of ether oxygens (including phenoxy) is 2. The van der Waals surface area contributed by atoms with Crippen LogP contribution in [0.15, 0.2) is 53.0 Å². The Kier molecular flexibility index (Phi) is 6.98. The van der Waals surface area contributed by atoms with E-state index < -0.39 is 0 Å². The van der Waals surface area contributed by atoms with Gasteiger partial charge >= 0.3 is 0 Å². The molecule has 3 rings (SSSR count). The minimum atomic E-state index is -0.186. The normalized spacial score (nSPS) is 11.6. The van der Waals surface area contributed by atoms with Crippen molar-refractivity contribution in [2.75, 3.05) is 21.3 Å². The topological polar surface area (TPSA) is 77.7 Å². The van der Waals surface area contributed by atoms with Crippen molar-refractivity contribution in [3.63, 3.8) is 0 Å². The van der Waals surface area contributed by atoms with Crippen LogP contribution in [0, 0.1) is 0 Å². The van der Waals surface area contributed by atoms with Gasteiger partial charge in [0, 0.05) is 18.7 Å². The molecule has 0 radical (unpaired) electrons. The minimum Gasteiger partial charge on any atom is -0.493 e. The van der Waals surface area contributed by atoms with Crippen LogP contribution in [0.5, 0.6) is 11.5 Å². The second-order valence-corrected chi connectivity index (χ2v) is 8.47. The maximum Gasteiger partial charge on any atom is 0.247 e. The van der Waals surface area contributed by atoms with Crippen molar-refractivity contribution in [3.05, 3.63) is 65.6 Å². The van der Waals surface area contributed by atoms with Gasteiger partial charge in [0.1, 0.15) is 0 Å². The molecule has 1 aromatic heterocycles. The number of benzene rings is 2. The Labute approximate surface area is 188 Å². The van der Waals surface area contributed by atoms with Crippen molar-refractivity contribution in [1.82, 2.24) is 15.1 Å². The van der Waals surface area contributed by atoms with Gasteiger partial charge in [0.25, 0.3) is 0 Å². The van der Waals surface area contributed by atoms with Gasteiger partial charge in [-0.15, -0.1) is 10.2 Å². The molecule has 3 aromatic rings. The average molecular weight is 436 g/mol. The Balaban J connectivity index is 1.64. The summed E-state index contributed by atoms with van der Waals surface area (Å²) >= 11 is 0. The van der Waals surface area contributed by atoms with Crippen LogP contribution in [0.4, 0.5) is 0 Å². The van der Waals surface area contributed by atoms with Gasteiger partial charge in [0.2, 0.25) is 17.7 Å². The van der Waals surface area contributed by atoms with Crippen LogP contribution in [0.3, 0.4) is 0 Å². The van der Waals surface area contributed by atoms with E-state index >= 15 is 0 Å². The highest BCUT2D eigenvalue weighted by molar-refractivity contribution is 5.91. The first-order valence-corrected chi connectivity index (χ1v) is 10.3. The third-order valence-electron chi connectivity index (χ3n) is 5.04. The van der Waals surface area contributed by atoms with Crippen LogP contribution >= 0.6 is 0 Å². The van der Waals surface area contributed by atoms with E-state index in [1.807, 2.05) is 18.2 Å². The lowest BCUT2D eigenvalue weighted by molar-refractivity contribution is -0.125. The fraction of sp³-hybridized carbons (Fsp3) is 0.320. The van der Waals surface area contributed by atoms with Crippen molar-refractivity contribution in [2.45, 2.75) is 32.7 Å². The number of nitrogens with zero attached hydrogens (tertiary/aromatic N) is 3. The van der Waals surface area contributed by atoms with Gasteiger partial charge in [-0.25, -0.2) is 0 Å². The quantitative estimate of drug-likeness (QED) is 0.500. The molecule has 7 nitrogen and oxygen atoms in total. The highest BCUT2D eigenvalue weighted by Crippen LogP contribution is 2.28. The summed E-state index contributed by atoms with van der Waals surface area (Å²) in [4.78, 5) is 14.0. The molecule has 32 heavy (non-hydrogen) atoms. The summed E-state index contributed by atoms with van der Waals surface area (Å²) in [6, 6.07) is 13.5. The van der Waals surface area contributed by atoms with E-state index in [9.17, 15) is 4.79 Å². The molecule has 0 saturated heterocycles. The molecule has 0 atom stereocenters. The Morgan fingerprint density at radius 2 is 1.72 bits per heavy atom. The SMILES string of the molecule is COc1ccc(/C=C/C(=O)N(C)Cc2nnc(-c3ccc(C(C)(C)C)cc3)o2)cc1OC. The van der Waals surface area contributed by atoms with E-state index in [-0.39, 0.29) is 17.9 Å². The summed E-state index contributed by atoms with van der Waals surface area (Å²) in [5.74, 6) is 1.85. The van der Waals surface area contributed by atoms with Crippen LogP contribution in [-0.4, -0.2) is 42.3 Å². The van der Waals surface area contributed by atoms with E-state index in [0.29, 0.717) is 23.3 Å². The average Bonchev–Trinajstić information content (AvgIpc) is 3.25. The number of carbonyl (C=O) groups is 1. The Bertz CT molecular complexity index is 1100. The van der Waals surface area contributed by atoms with Crippen LogP contribution in [-0.2, 0) is 16.8 Å². The van der Waals surface area contributed by atoms with Gasteiger partial charge in [-0.3, -0.25) is 4.79 Å². The lowest BCUT2D eigenvalue weighted by atomic mass is 9.87. The number of carbonyl (C=O) groups excluding carboxylic acids is 1. The van der Waals surface area contributed by atoms with Crippen LogP contribution in [0.25, 0.3) is 17.5 Å². The second kappa shape index (κ2) is 9.68. The molecule has 7 heteroatoms. The first-order chi connectivity index (χ1) is 15.2. The fourth-order valence-corrected chi connectivity index (χ4v) is 3.08. The molecule has 0 spiro atoms. The lowest BCUT2D eigenvalue weighted by Crippen LogP contribution is -2.24. The number of hydrogen-bond acceptors (Lipinski definition) is 6. The maximum absolute atomic E-state index is 12.5. The fourth-order valence-electron chi connectivity index (χ4n) is 3.08. The van der Waals surface area contributed by atoms with Gasteiger partial charge in [-0.1, -0.05) is 39.0 Å². The standard InChI is InChI=1S/C25H29N3O4/c1-25(2,3)19-11-9-18(10-12-19)24-27-26-22(32-24)16-28(4)23(29)14-8-17-7-13-20(30-5)21(15-17)31-6/h7-15H,16H2,1-6H3/b14-8+. The first-order valence-electron chi connectivity index (χ1n) is 10.3. The molecule has 0 saturated carbocycles. The van der Waals surface area contributed by atoms with Crippen LogP contribution in [0.1, 0.15) is 37.8 Å². The molecule has 0 unspecified atom stereocenters. The summed E-state index contributed by atoms with van der Waals surface area (Å²) in [6.45, 7) is 6.71. The molecule has 168 valence electrons. The molecule has 0 bridgehead atoms. The summed E-state index contributed by atoms with van der Waals surface area (Å²) in [6.07, 6.45) is 3.21. The van der Waals surface area contributed by atoms with Crippen LogP contribution < -0.4 is 9.47 Å². The first kappa shape index (κ1) is 23.1. The van der Waals surface area contributed by atoms with Crippen molar-refractivity contribution in [1.29, 1.82) is 0 Å². The second-order valence-electron chi connectivity index (χ2n) is 8.47. The molecular formula is C25H29N3O4. The monoisotopic (exact) mass is 435 g/mol. The van der Waals surface area contributed by atoms with E-state index in [2.05, 4.69) is 43.1 Å². The third kappa shape index (κ3) is 5.55. The van der Waals surface area contributed by atoms with Gasteiger partial charge in [-0.2, -0.15) is 0 Å². The highest BCUT2D eigenvalue weighted by Gasteiger charge is 2.16. The molecule has 0 N–H and O–H groups in total. The zero-order chi connectivity index (χ0) is 23.3. The van der Waals surface area contributed by atoms with Gasteiger partial charge in [-0.05, 0) is 46.9 Å². The highest BCUT2D eigenvalue weighted by atomic mass is 16.5. The summed E-state index contributed by atoms with van der Waals surface area (Å²) in [5.41, 5.74) is 2.97. The van der Waals surface area contributed by atoms with E-state index in [1.54, 1.807) is 39.5 Å². The number of rotatable bonds is 7. The van der Waals surface area contributed by atoms with Crippen molar-refractivity contribution >= 4 is 12.0 Å². The minimum absolute atomic E-state index is 0.0755. The van der Waals surface area contributed by atoms with Gasteiger partial charge < -0.3 is 18.8 Å². The van der Waals surface area contributed by atoms with Crippen molar-refractivity contribution in [2.24, 2.45) is 0 Å². The van der Waals surface area contributed by atoms with E-state index in [0.717, 1.165) is 11.1 Å². The summed E-state index contributed by atoms with van der Waals surface area (Å²) < 4.78 is 16.3. The predicted octanol–water partition coefficient (Wildman–Crippen LogP) is 4.72. The van der Waals surface area contributed by atoms with Crippen LogP contribution in [0.2, 0.25) is 0 Å². The summed E-state index contributed by atoms with van der Waals surface area (Å²) in [7, 11) is 4.83. The zero-order valence-corrected chi connectivity index (χ0v) is 19.4. The molecule has 0 fully saturated rings. The van der Waals surface area contributed by atoms with Gasteiger partial charge in [0.05, 0.1) is 20.8 Å². The molecular weight excluding hydrogens is 406 g/mol. The predicted molar refractivity (Wildman–Crippen MR) is 123 cm³/mol. The van der Waals surface area contributed by atoms with E-state index in [4.69, 9.17) is 13.9 Å². The number of hydrogen-bond donors (Lipinski definition) is 0. The van der Waals surface area contributed by atoms with Crippen molar-refractivity contribution in [3.8, 4) is 23.0 Å². The molecule has 0 aliphatic heterocycles. The Hall–Kier alpha value is -3.61. The largest absolute Gasteiger partial charge is 0.493 e. The Morgan fingerprint density at radius 1 is 1.03 bits per heavy atom. The smallest absolute Gasteiger partial charge is 0.247 e. The number of methoxy groups -OCH3 is 2. The van der Waals surface area contributed by atoms with Crippen molar-refractivity contribution < 1.29 is 18.7 Å². The number of aromatic nitrogens is 2. The maximum atomic E-state index is 12.5. The molecule has 0 aliphatic carbocycles. The number of amides is 1. The Morgan fingerprint density at radius 3 is 2.34 bits per heavy atom. The summed E-state index contributed by atoms with van der Waals surface area (Å²) in [5, 5.41) is 8.20. The third-order valence-corrected chi connectivity index (χ3v) is 5.04. The molecule has 1 amide bonds. The number of likely N-dealkylation sites (N-methyl/N-ethyl adjacent to an activating group) is 1. The molecule has 2 aromatic carbocycles. The molecule has 1 heterocycles. The lowest BCUT2D eigenvalue weighted by Gasteiger charge is -2.18. The molecule has 0 aliphatic rings.